The number of nitrogens with zero attached hydrogens (tertiary/aromatic N) is 4. The number of amides is 4. The maximum atomic E-state index is 14.0. The second-order valence-electron chi connectivity index (χ2n) is 9.50. The van der Waals surface area contributed by atoms with Crippen LogP contribution in [0, 0.1) is 0 Å². The van der Waals surface area contributed by atoms with Gasteiger partial charge in [-0.2, -0.15) is 23.3 Å². The van der Waals surface area contributed by atoms with Crippen molar-refractivity contribution in [2.45, 2.75) is 50.2 Å². The van der Waals surface area contributed by atoms with Crippen LogP contribution >= 0.6 is 11.3 Å². The molecule has 194 valence electrons. The van der Waals surface area contributed by atoms with Gasteiger partial charge in [-0.3, -0.25) is 24.1 Å². The number of hydrogen-bond donors (Lipinski definition) is 0. The van der Waals surface area contributed by atoms with Crippen molar-refractivity contribution in [3.8, 4) is 0 Å². The fourth-order valence-corrected chi connectivity index (χ4v) is 6.23. The van der Waals surface area contributed by atoms with Crippen LogP contribution < -0.4 is 0 Å². The Bertz CT molecular complexity index is 1570. The minimum atomic E-state index is -4.55. The third-order valence-corrected chi connectivity index (χ3v) is 8.18. The Morgan fingerprint density at radius 1 is 1.00 bits per heavy atom. The molecule has 3 heterocycles. The number of carbonyl (C=O) groups is 4. The molecule has 1 saturated carbocycles. The standard InChI is InChI=1S/C26H19F3N4O4S/c27-26(28,29)14-9-10-19-18(11-14)30-20(38-19)13-32-22(35)16-7-3-4-8-17(16)25(23(32)36)12-21(34)33(24(25)37)31-15-5-1-2-6-15/h3-4,7-11H,1-2,5-6,12-13H2. The molecule has 4 amide bonds. The van der Waals surface area contributed by atoms with Crippen molar-refractivity contribution in [3.05, 3.63) is 64.2 Å². The van der Waals surface area contributed by atoms with E-state index in [-0.39, 0.29) is 28.2 Å². The fourth-order valence-electron chi connectivity index (χ4n) is 5.30. The highest BCUT2D eigenvalue weighted by Crippen LogP contribution is 2.44. The molecule has 8 nitrogen and oxygen atoms in total. The van der Waals surface area contributed by atoms with Gasteiger partial charge in [-0.05, 0) is 55.5 Å². The molecule has 2 aromatic carbocycles. The van der Waals surface area contributed by atoms with E-state index in [4.69, 9.17) is 0 Å². The maximum absolute atomic E-state index is 14.0. The van der Waals surface area contributed by atoms with Gasteiger partial charge in [0.2, 0.25) is 0 Å². The predicted molar refractivity (Wildman–Crippen MR) is 130 cm³/mol. The first-order valence-corrected chi connectivity index (χ1v) is 12.8. The number of rotatable bonds is 3. The van der Waals surface area contributed by atoms with E-state index < -0.39 is 47.2 Å². The normalized spacial score (nSPS) is 21.8. The first kappa shape index (κ1) is 24.4. The van der Waals surface area contributed by atoms with Gasteiger partial charge in [0.15, 0.2) is 5.41 Å². The molecule has 1 aromatic heterocycles. The Balaban J connectivity index is 1.40. The van der Waals surface area contributed by atoms with E-state index in [1.54, 1.807) is 12.1 Å². The van der Waals surface area contributed by atoms with Gasteiger partial charge in [-0.1, -0.05) is 18.2 Å². The number of carbonyl (C=O) groups excluding carboxylic acids is 4. The number of thiazole rings is 1. The molecule has 38 heavy (non-hydrogen) atoms. The maximum Gasteiger partial charge on any atom is 0.416 e. The quantitative estimate of drug-likeness (QED) is 0.362. The molecule has 3 aromatic rings. The zero-order valence-electron chi connectivity index (χ0n) is 19.7. The average Bonchev–Trinajstić information content (AvgIpc) is 3.60. The Morgan fingerprint density at radius 2 is 1.74 bits per heavy atom. The highest BCUT2D eigenvalue weighted by Gasteiger charge is 2.63. The van der Waals surface area contributed by atoms with Crippen molar-refractivity contribution < 1.29 is 32.3 Å². The summed E-state index contributed by atoms with van der Waals surface area (Å²) >= 11 is 1.04. The van der Waals surface area contributed by atoms with Crippen LogP contribution in [0.4, 0.5) is 13.2 Å². The van der Waals surface area contributed by atoms with Gasteiger partial charge < -0.3 is 0 Å². The van der Waals surface area contributed by atoms with Crippen LogP contribution in [0.5, 0.6) is 0 Å². The highest BCUT2D eigenvalue weighted by molar-refractivity contribution is 7.18. The van der Waals surface area contributed by atoms with Gasteiger partial charge >= 0.3 is 6.18 Å². The Hall–Kier alpha value is -3.93. The molecular weight excluding hydrogens is 521 g/mol. The van der Waals surface area contributed by atoms with Crippen LogP contribution in [0.3, 0.4) is 0 Å². The highest BCUT2D eigenvalue weighted by atomic mass is 32.1. The van der Waals surface area contributed by atoms with Gasteiger partial charge in [0, 0.05) is 11.3 Å². The molecule has 2 fully saturated rings. The van der Waals surface area contributed by atoms with Gasteiger partial charge in [0.1, 0.15) is 5.01 Å². The van der Waals surface area contributed by atoms with Crippen molar-refractivity contribution in [2.24, 2.45) is 5.10 Å². The van der Waals surface area contributed by atoms with E-state index in [1.807, 2.05) is 0 Å². The Labute approximate surface area is 217 Å². The van der Waals surface area contributed by atoms with Crippen molar-refractivity contribution in [3.63, 3.8) is 0 Å². The van der Waals surface area contributed by atoms with Crippen molar-refractivity contribution >= 4 is 50.9 Å². The summed E-state index contributed by atoms with van der Waals surface area (Å²) in [6.07, 6.45) is -1.90. The topological polar surface area (TPSA) is 100 Å². The number of imide groups is 2. The second kappa shape index (κ2) is 8.55. The molecular formula is C26H19F3N4O4S. The average molecular weight is 541 g/mol. The van der Waals surface area contributed by atoms with E-state index >= 15 is 0 Å². The SMILES string of the molecule is O=C1c2ccccc2C2(CC(=O)N(N=C3CCCC3)C2=O)C(=O)N1Cc1nc2cc(C(F)(F)F)ccc2s1. The van der Waals surface area contributed by atoms with Crippen molar-refractivity contribution in [2.75, 3.05) is 0 Å². The van der Waals surface area contributed by atoms with Crippen LogP contribution in [0.1, 0.15) is 58.6 Å². The molecule has 2 aliphatic heterocycles. The Morgan fingerprint density at radius 3 is 2.47 bits per heavy atom. The molecule has 1 aliphatic carbocycles. The van der Waals surface area contributed by atoms with E-state index in [0.717, 1.165) is 46.2 Å². The molecule has 1 atom stereocenters. The van der Waals surface area contributed by atoms with Crippen molar-refractivity contribution in [1.29, 1.82) is 0 Å². The van der Waals surface area contributed by atoms with E-state index in [1.165, 1.54) is 18.2 Å². The second-order valence-corrected chi connectivity index (χ2v) is 10.6. The third-order valence-electron chi connectivity index (χ3n) is 7.16. The monoisotopic (exact) mass is 540 g/mol. The van der Waals surface area contributed by atoms with Crippen LogP contribution in [0.15, 0.2) is 47.6 Å². The van der Waals surface area contributed by atoms with E-state index in [9.17, 15) is 32.3 Å². The molecule has 1 unspecified atom stereocenters. The number of halogens is 3. The lowest BCUT2D eigenvalue weighted by Gasteiger charge is -2.37. The third kappa shape index (κ3) is 3.65. The summed E-state index contributed by atoms with van der Waals surface area (Å²) in [4.78, 5) is 59.2. The van der Waals surface area contributed by atoms with E-state index in [2.05, 4.69) is 10.1 Å². The number of alkyl halides is 3. The Kier molecular flexibility index (Phi) is 5.49. The molecule has 1 spiro atoms. The summed E-state index contributed by atoms with van der Waals surface area (Å²) in [5.74, 6) is -2.99. The number of hydrogen-bond acceptors (Lipinski definition) is 7. The number of benzene rings is 2. The summed E-state index contributed by atoms with van der Waals surface area (Å²) in [6.45, 7) is -0.357. The number of aromatic nitrogens is 1. The molecule has 1 saturated heterocycles. The smallest absolute Gasteiger partial charge is 0.273 e. The number of fused-ring (bicyclic) bond motifs is 3. The van der Waals surface area contributed by atoms with Gasteiger partial charge in [0.05, 0.1) is 28.7 Å². The van der Waals surface area contributed by atoms with Gasteiger partial charge in [-0.15, -0.1) is 11.3 Å². The molecule has 0 bridgehead atoms. The summed E-state index contributed by atoms with van der Waals surface area (Å²) in [7, 11) is 0. The lowest BCUT2D eigenvalue weighted by atomic mass is 9.72. The lowest BCUT2D eigenvalue weighted by molar-refractivity contribution is -0.146. The fraction of sp³-hybridized carbons (Fsp3) is 0.308. The molecule has 3 aliphatic rings. The number of hydrazone groups is 1. The molecule has 0 radical (unpaired) electrons. The lowest BCUT2D eigenvalue weighted by Crippen LogP contribution is -2.57. The van der Waals surface area contributed by atoms with Crippen molar-refractivity contribution in [1.82, 2.24) is 14.9 Å². The first-order valence-electron chi connectivity index (χ1n) is 12.0. The van der Waals surface area contributed by atoms with Crippen LogP contribution in [0.25, 0.3) is 10.2 Å². The zero-order chi connectivity index (χ0) is 26.8. The predicted octanol–water partition coefficient (Wildman–Crippen LogP) is 4.42. The summed E-state index contributed by atoms with van der Waals surface area (Å²) in [5.41, 5.74) is -1.77. The minimum Gasteiger partial charge on any atom is -0.273 e. The summed E-state index contributed by atoms with van der Waals surface area (Å²) in [5, 5.41) is 5.25. The van der Waals surface area contributed by atoms with Gasteiger partial charge in [-0.25, -0.2) is 4.98 Å². The van der Waals surface area contributed by atoms with Gasteiger partial charge in [0.25, 0.3) is 23.6 Å². The first-order chi connectivity index (χ1) is 18.1. The van der Waals surface area contributed by atoms with Crippen LogP contribution in [0.2, 0.25) is 0 Å². The summed E-state index contributed by atoms with van der Waals surface area (Å²) < 4.78 is 39.9. The molecule has 0 N–H and O–H groups in total. The zero-order valence-corrected chi connectivity index (χ0v) is 20.6. The van der Waals surface area contributed by atoms with Crippen LogP contribution in [-0.4, -0.2) is 44.2 Å². The minimum absolute atomic E-state index is 0.0810. The molecule has 6 rings (SSSR count). The molecule has 12 heteroatoms. The van der Waals surface area contributed by atoms with Crippen LogP contribution in [-0.2, 0) is 32.5 Å². The summed E-state index contributed by atoms with van der Waals surface area (Å²) in [6, 6.07) is 9.29. The largest absolute Gasteiger partial charge is 0.416 e. The van der Waals surface area contributed by atoms with E-state index in [0.29, 0.717) is 23.3 Å².